The molecule has 0 spiro atoms. The predicted octanol–water partition coefficient (Wildman–Crippen LogP) is 0.585. The number of benzene rings is 1. The number of likely N-dealkylation sites (N-methyl/N-ethyl adjacent to an activating group) is 1. The van der Waals surface area contributed by atoms with Crippen molar-refractivity contribution in [3.05, 3.63) is 29.6 Å². The van der Waals surface area contributed by atoms with Gasteiger partial charge in [-0.05, 0) is 24.7 Å². The average Bonchev–Trinajstić information content (AvgIpc) is 2.35. The minimum absolute atomic E-state index is 0.114. The SMILES string of the molecule is CCNCCNS(=O)(=O)c1ccc(F)c(C#N)c1. The van der Waals surface area contributed by atoms with Gasteiger partial charge in [-0.15, -0.1) is 0 Å². The normalized spacial score (nSPS) is 11.2. The smallest absolute Gasteiger partial charge is 0.240 e. The maximum Gasteiger partial charge on any atom is 0.240 e. The fourth-order valence-corrected chi connectivity index (χ4v) is 2.35. The van der Waals surface area contributed by atoms with E-state index >= 15 is 0 Å². The topological polar surface area (TPSA) is 82.0 Å². The van der Waals surface area contributed by atoms with Crippen molar-refractivity contribution in [2.45, 2.75) is 11.8 Å². The van der Waals surface area contributed by atoms with Gasteiger partial charge in [0.25, 0.3) is 0 Å². The van der Waals surface area contributed by atoms with Gasteiger partial charge in [0.05, 0.1) is 10.5 Å². The molecule has 0 radical (unpaired) electrons. The second-order valence-electron chi connectivity index (χ2n) is 3.50. The molecule has 0 aromatic heterocycles. The Kier molecular flexibility index (Phi) is 5.22. The molecule has 0 amide bonds. The van der Waals surface area contributed by atoms with Crippen molar-refractivity contribution in [1.29, 1.82) is 5.26 Å². The van der Waals surface area contributed by atoms with Gasteiger partial charge >= 0.3 is 0 Å². The predicted molar refractivity (Wildman–Crippen MR) is 64.8 cm³/mol. The number of sulfonamides is 1. The van der Waals surface area contributed by atoms with E-state index in [0.717, 1.165) is 24.7 Å². The molecule has 1 aromatic carbocycles. The molecule has 0 aliphatic carbocycles. The van der Waals surface area contributed by atoms with E-state index in [9.17, 15) is 12.8 Å². The molecule has 0 aliphatic heterocycles. The van der Waals surface area contributed by atoms with Crippen LogP contribution in [0.3, 0.4) is 0 Å². The van der Waals surface area contributed by atoms with Gasteiger partial charge in [-0.3, -0.25) is 0 Å². The third-order valence-electron chi connectivity index (χ3n) is 2.21. The van der Waals surface area contributed by atoms with Crippen LogP contribution in [0, 0.1) is 17.1 Å². The summed E-state index contributed by atoms with van der Waals surface area (Å²) in [5, 5.41) is 11.6. The quantitative estimate of drug-likeness (QED) is 0.742. The maximum absolute atomic E-state index is 13.1. The molecule has 0 aliphatic rings. The molecule has 0 atom stereocenters. The van der Waals surface area contributed by atoms with Crippen LogP contribution in [0.25, 0.3) is 0 Å². The van der Waals surface area contributed by atoms with Crippen molar-refractivity contribution < 1.29 is 12.8 Å². The fraction of sp³-hybridized carbons (Fsp3) is 0.364. The Hall–Kier alpha value is -1.49. The summed E-state index contributed by atoms with van der Waals surface area (Å²) < 4.78 is 39.0. The van der Waals surface area contributed by atoms with Crippen LogP contribution in [0.15, 0.2) is 23.1 Å². The molecule has 18 heavy (non-hydrogen) atoms. The van der Waals surface area contributed by atoms with E-state index < -0.39 is 15.8 Å². The molecule has 2 N–H and O–H groups in total. The number of halogens is 1. The van der Waals surface area contributed by atoms with Gasteiger partial charge in [-0.2, -0.15) is 5.26 Å². The zero-order chi connectivity index (χ0) is 13.6. The Labute approximate surface area is 106 Å². The lowest BCUT2D eigenvalue weighted by atomic mass is 10.2. The van der Waals surface area contributed by atoms with Crippen molar-refractivity contribution in [3.63, 3.8) is 0 Å². The molecule has 1 rings (SSSR count). The largest absolute Gasteiger partial charge is 0.316 e. The van der Waals surface area contributed by atoms with Gasteiger partial charge < -0.3 is 5.32 Å². The van der Waals surface area contributed by atoms with Crippen LogP contribution < -0.4 is 10.0 Å². The lowest BCUT2D eigenvalue weighted by molar-refractivity contribution is 0.576. The number of rotatable bonds is 6. The van der Waals surface area contributed by atoms with Gasteiger partial charge in [0.1, 0.15) is 11.9 Å². The van der Waals surface area contributed by atoms with Crippen LogP contribution >= 0.6 is 0 Å². The number of hydrogen-bond acceptors (Lipinski definition) is 4. The molecule has 0 heterocycles. The molecule has 0 unspecified atom stereocenters. The van der Waals surface area contributed by atoms with E-state index in [1.54, 1.807) is 6.07 Å². The lowest BCUT2D eigenvalue weighted by Gasteiger charge is -2.07. The number of nitriles is 1. The van der Waals surface area contributed by atoms with Gasteiger partial charge in [0, 0.05) is 13.1 Å². The molecule has 5 nitrogen and oxygen atoms in total. The second kappa shape index (κ2) is 6.44. The minimum atomic E-state index is -3.70. The van der Waals surface area contributed by atoms with E-state index in [-0.39, 0.29) is 17.0 Å². The summed E-state index contributed by atoms with van der Waals surface area (Å²) in [5.74, 6) is -0.732. The van der Waals surface area contributed by atoms with E-state index in [1.165, 1.54) is 0 Å². The van der Waals surface area contributed by atoms with Crippen LogP contribution in [-0.2, 0) is 10.0 Å². The highest BCUT2D eigenvalue weighted by Gasteiger charge is 2.15. The maximum atomic E-state index is 13.1. The molecular weight excluding hydrogens is 257 g/mol. The molecule has 0 saturated heterocycles. The zero-order valence-corrected chi connectivity index (χ0v) is 10.7. The van der Waals surface area contributed by atoms with Crippen molar-refractivity contribution in [1.82, 2.24) is 10.0 Å². The summed E-state index contributed by atoms with van der Waals surface area (Å²) in [6, 6.07) is 4.72. The molecule has 0 saturated carbocycles. The first-order valence-electron chi connectivity index (χ1n) is 5.41. The van der Waals surface area contributed by atoms with Crippen molar-refractivity contribution >= 4 is 10.0 Å². The Morgan fingerprint density at radius 1 is 1.39 bits per heavy atom. The van der Waals surface area contributed by atoms with Crippen LogP contribution in [0.2, 0.25) is 0 Å². The third kappa shape index (κ3) is 3.77. The molecule has 7 heteroatoms. The monoisotopic (exact) mass is 271 g/mol. The molecule has 1 aromatic rings. The average molecular weight is 271 g/mol. The molecule has 0 bridgehead atoms. The van der Waals surface area contributed by atoms with Crippen molar-refractivity contribution in [3.8, 4) is 6.07 Å². The Morgan fingerprint density at radius 3 is 2.72 bits per heavy atom. The summed E-state index contributed by atoms with van der Waals surface area (Å²) >= 11 is 0. The first-order chi connectivity index (χ1) is 8.51. The molecular formula is C11H14FN3O2S. The van der Waals surface area contributed by atoms with Crippen LogP contribution in [0.1, 0.15) is 12.5 Å². The summed E-state index contributed by atoms with van der Waals surface area (Å²) in [6.07, 6.45) is 0. The summed E-state index contributed by atoms with van der Waals surface area (Å²) in [4.78, 5) is -0.114. The van der Waals surface area contributed by atoms with E-state index in [0.29, 0.717) is 6.54 Å². The number of nitrogens with zero attached hydrogens (tertiary/aromatic N) is 1. The minimum Gasteiger partial charge on any atom is -0.316 e. The third-order valence-corrected chi connectivity index (χ3v) is 3.67. The lowest BCUT2D eigenvalue weighted by Crippen LogP contribution is -2.31. The first-order valence-corrected chi connectivity index (χ1v) is 6.89. The van der Waals surface area contributed by atoms with E-state index in [1.807, 2.05) is 6.92 Å². The standard InChI is InChI=1S/C11H14FN3O2S/c1-2-14-5-6-15-18(16,17)10-3-4-11(12)9(7-10)8-13/h3-4,7,14-15H,2,5-6H2,1H3. The fourth-order valence-electron chi connectivity index (χ4n) is 1.29. The van der Waals surface area contributed by atoms with Gasteiger partial charge in [-0.1, -0.05) is 6.92 Å². The zero-order valence-electron chi connectivity index (χ0n) is 9.90. The molecule has 98 valence electrons. The second-order valence-corrected chi connectivity index (χ2v) is 5.27. The molecule has 0 fully saturated rings. The van der Waals surface area contributed by atoms with Crippen molar-refractivity contribution in [2.75, 3.05) is 19.6 Å². The highest BCUT2D eigenvalue weighted by molar-refractivity contribution is 7.89. The van der Waals surface area contributed by atoms with Gasteiger partial charge in [-0.25, -0.2) is 17.5 Å². The van der Waals surface area contributed by atoms with E-state index in [4.69, 9.17) is 5.26 Å². The van der Waals surface area contributed by atoms with Crippen LogP contribution in [0.5, 0.6) is 0 Å². The Bertz CT molecular complexity index is 552. The highest BCUT2D eigenvalue weighted by atomic mass is 32.2. The van der Waals surface area contributed by atoms with E-state index in [2.05, 4.69) is 10.0 Å². The first kappa shape index (κ1) is 14.6. The van der Waals surface area contributed by atoms with Crippen LogP contribution in [-0.4, -0.2) is 28.1 Å². The summed E-state index contributed by atoms with van der Waals surface area (Å²) in [6.45, 7) is 3.39. The van der Waals surface area contributed by atoms with Crippen molar-refractivity contribution in [2.24, 2.45) is 0 Å². The number of nitrogens with one attached hydrogen (secondary N) is 2. The van der Waals surface area contributed by atoms with Crippen LogP contribution in [0.4, 0.5) is 4.39 Å². The highest BCUT2D eigenvalue weighted by Crippen LogP contribution is 2.13. The summed E-state index contributed by atoms with van der Waals surface area (Å²) in [7, 11) is -3.70. The number of hydrogen-bond donors (Lipinski definition) is 2. The Morgan fingerprint density at radius 2 is 2.11 bits per heavy atom. The Balaban J connectivity index is 2.83. The van der Waals surface area contributed by atoms with Gasteiger partial charge in [0.2, 0.25) is 10.0 Å². The summed E-state index contributed by atoms with van der Waals surface area (Å²) in [5.41, 5.74) is -0.287. The van der Waals surface area contributed by atoms with Gasteiger partial charge in [0.15, 0.2) is 0 Å².